The molecule has 1 saturated heterocycles. The molecule has 1 aliphatic carbocycles. The highest BCUT2D eigenvalue weighted by Crippen LogP contribution is 2.42. The topological polar surface area (TPSA) is 83.3 Å². The van der Waals surface area contributed by atoms with Gasteiger partial charge in [-0.2, -0.15) is 18.3 Å². The van der Waals surface area contributed by atoms with Gasteiger partial charge in [-0.1, -0.05) is 0 Å². The minimum absolute atomic E-state index is 0.120. The van der Waals surface area contributed by atoms with Crippen molar-refractivity contribution in [3.8, 4) is 17.0 Å². The summed E-state index contributed by atoms with van der Waals surface area (Å²) in [6.07, 6.45) is -2.01. The molecule has 1 amide bonds. The molecule has 0 bridgehead atoms. The average Bonchev–Trinajstić information content (AvgIpc) is 3.42. The number of hydrogen-bond acceptors (Lipinski definition) is 5. The van der Waals surface area contributed by atoms with Gasteiger partial charge in [0.25, 0.3) is 0 Å². The van der Waals surface area contributed by atoms with E-state index in [2.05, 4.69) is 15.4 Å². The molecule has 0 atom stereocenters. The summed E-state index contributed by atoms with van der Waals surface area (Å²) in [4.78, 5) is 18.2. The number of carbonyl (C=O) groups is 1. The number of fused-ring (bicyclic) bond motifs is 1. The largest absolute Gasteiger partial charge is 0.503 e. The van der Waals surface area contributed by atoms with Crippen LogP contribution < -0.4 is 10.2 Å². The maximum Gasteiger partial charge on any atom is 0.419 e. The Bertz CT molecular complexity index is 1280. The zero-order valence-electron chi connectivity index (χ0n) is 16.6. The maximum absolute atomic E-state index is 14.6. The Morgan fingerprint density at radius 2 is 1.91 bits per heavy atom. The Balaban J connectivity index is 1.63. The molecule has 2 fully saturated rings. The first-order valence-electron chi connectivity index (χ1n) is 9.67. The lowest BCUT2D eigenvalue weighted by molar-refractivity contribution is -0.140. The minimum atomic E-state index is -5.15. The third-order valence-electron chi connectivity index (χ3n) is 5.97. The van der Waals surface area contributed by atoms with Crippen molar-refractivity contribution >= 4 is 22.6 Å². The maximum atomic E-state index is 14.6. The molecule has 1 spiro atoms. The van der Waals surface area contributed by atoms with Gasteiger partial charge in [0.1, 0.15) is 11.5 Å². The molecule has 7 nitrogen and oxygen atoms in total. The van der Waals surface area contributed by atoms with Gasteiger partial charge in [0.2, 0.25) is 5.91 Å². The second-order valence-corrected chi connectivity index (χ2v) is 8.09. The van der Waals surface area contributed by atoms with Gasteiger partial charge in [0.05, 0.1) is 17.6 Å². The highest BCUT2D eigenvalue weighted by Gasteiger charge is 2.48. The van der Waals surface area contributed by atoms with Gasteiger partial charge in [0.15, 0.2) is 17.4 Å². The summed E-state index contributed by atoms with van der Waals surface area (Å²) in [5.74, 6) is -5.23. The molecule has 5 rings (SSSR count). The summed E-state index contributed by atoms with van der Waals surface area (Å²) < 4.78 is 69.3. The molecule has 32 heavy (non-hydrogen) atoms. The van der Waals surface area contributed by atoms with Crippen LogP contribution in [-0.2, 0) is 18.0 Å². The number of carbonyl (C=O) groups excluding carboxylic acids is 1. The van der Waals surface area contributed by atoms with Gasteiger partial charge in [0, 0.05) is 42.3 Å². The van der Waals surface area contributed by atoms with Crippen LogP contribution in [0.3, 0.4) is 0 Å². The number of hydrogen-bond donors (Lipinski definition) is 2. The number of anilines is 1. The number of benzene rings is 1. The van der Waals surface area contributed by atoms with E-state index >= 15 is 0 Å². The third kappa shape index (κ3) is 3.08. The summed E-state index contributed by atoms with van der Waals surface area (Å²) in [5.41, 5.74) is -2.52. The number of pyridine rings is 1. The Morgan fingerprint density at radius 1 is 1.19 bits per heavy atom. The smallest absolute Gasteiger partial charge is 0.419 e. The van der Waals surface area contributed by atoms with E-state index in [0.29, 0.717) is 17.9 Å². The minimum Gasteiger partial charge on any atom is -0.503 e. The van der Waals surface area contributed by atoms with Gasteiger partial charge in [-0.25, -0.2) is 13.8 Å². The molecule has 12 heteroatoms. The molecule has 3 heterocycles. The van der Waals surface area contributed by atoms with E-state index in [-0.39, 0.29) is 35.1 Å². The number of phenols is 1. The molecule has 1 saturated carbocycles. The molecule has 2 aliphatic rings. The molecule has 1 aromatic carbocycles. The van der Waals surface area contributed by atoms with Crippen molar-refractivity contribution in [2.45, 2.75) is 24.6 Å². The number of aryl methyl sites for hydroxylation is 1. The molecular formula is C20H16F5N5O2. The number of aromatic hydroxyl groups is 1. The molecule has 0 unspecified atom stereocenters. The van der Waals surface area contributed by atoms with Crippen molar-refractivity contribution in [3.63, 3.8) is 0 Å². The summed E-state index contributed by atoms with van der Waals surface area (Å²) in [6.45, 7) is 0.598. The Labute approximate surface area is 177 Å². The van der Waals surface area contributed by atoms with Gasteiger partial charge >= 0.3 is 6.18 Å². The number of piperazine rings is 1. The second kappa shape index (κ2) is 6.61. The van der Waals surface area contributed by atoms with Gasteiger partial charge in [-0.15, -0.1) is 0 Å². The molecule has 3 aromatic rings. The monoisotopic (exact) mass is 453 g/mol. The van der Waals surface area contributed by atoms with Crippen LogP contribution in [-0.4, -0.2) is 44.4 Å². The lowest BCUT2D eigenvalue weighted by Gasteiger charge is -2.33. The first-order chi connectivity index (χ1) is 15.0. The number of nitrogens with one attached hydrogen (secondary N) is 1. The predicted molar refractivity (Wildman–Crippen MR) is 103 cm³/mol. The fourth-order valence-corrected chi connectivity index (χ4v) is 3.99. The van der Waals surface area contributed by atoms with Gasteiger partial charge in [-0.05, 0) is 18.9 Å². The van der Waals surface area contributed by atoms with Crippen LogP contribution in [0.2, 0.25) is 0 Å². The lowest BCUT2D eigenvalue weighted by atomic mass is 10.0. The quantitative estimate of drug-likeness (QED) is 0.583. The van der Waals surface area contributed by atoms with Crippen molar-refractivity contribution in [2.75, 3.05) is 18.0 Å². The van der Waals surface area contributed by atoms with Crippen LogP contribution in [0, 0.1) is 11.6 Å². The van der Waals surface area contributed by atoms with Crippen LogP contribution in [0.15, 0.2) is 18.3 Å². The number of rotatable bonds is 2. The van der Waals surface area contributed by atoms with E-state index in [9.17, 15) is 31.9 Å². The fourth-order valence-electron chi connectivity index (χ4n) is 3.99. The number of alkyl halides is 3. The highest BCUT2D eigenvalue weighted by molar-refractivity contribution is 5.99. The van der Waals surface area contributed by atoms with E-state index in [1.807, 2.05) is 0 Å². The van der Waals surface area contributed by atoms with Crippen molar-refractivity contribution in [1.82, 2.24) is 20.1 Å². The Kier molecular flexibility index (Phi) is 4.26. The fraction of sp³-hybridized carbons (Fsp3) is 0.350. The van der Waals surface area contributed by atoms with Gasteiger partial charge in [-0.3, -0.25) is 14.4 Å². The van der Waals surface area contributed by atoms with Crippen LogP contribution in [0.25, 0.3) is 22.2 Å². The van der Waals surface area contributed by atoms with E-state index in [1.54, 1.807) is 0 Å². The number of aromatic nitrogens is 3. The second-order valence-electron chi connectivity index (χ2n) is 8.09. The van der Waals surface area contributed by atoms with Crippen molar-refractivity contribution in [1.29, 1.82) is 0 Å². The summed E-state index contributed by atoms with van der Waals surface area (Å²) in [7, 11) is 1.49. The first kappa shape index (κ1) is 20.6. The van der Waals surface area contributed by atoms with Crippen LogP contribution in [0.1, 0.15) is 18.4 Å². The Hall–Kier alpha value is -3.28. The summed E-state index contributed by atoms with van der Waals surface area (Å²) in [6, 6.07) is 1.81. The summed E-state index contributed by atoms with van der Waals surface area (Å²) >= 11 is 0. The third-order valence-corrected chi connectivity index (χ3v) is 5.97. The molecule has 1 aliphatic heterocycles. The summed E-state index contributed by atoms with van der Waals surface area (Å²) in [5, 5.41) is 17.1. The highest BCUT2D eigenvalue weighted by atomic mass is 19.4. The average molecular weight is 453 g/mol. The first-order valence-corrected chi connectivity index (χ1v) is 9.67. The number of amides is 1. The van der Waals surface area contributed by atoms with Crippen molar-refractivity contribution in [2.24, 2.45) is 7.05 Å². The zero-order chi connectivity index (χ0) is 23.0. The molecule has 0 radical (unpaired) electrons. The standard InChI is InChI=1S/C20H16F5N5O2/c1-29-12-5-13(30-8-19(2-3-19)27-7-14(30)31)26-6-10(12)17(28-29)9-4-11(20(23,24)25)16(22)18(32)15(9)21/h4-6,27,32H,2-3,7-8H2,1H3. The number of halogens is 5. The van der Waals surface area contributed by atoms with E-state index < -0.39 is 34.7 Å². The van der Waals surface area contributed by atoms with Crippen LogP contribution >= 0.6 is 0 Å². The van der Waals surface area contributed by atoms with E-state index in [0.717, 1.165) is 12.8 Å². The Morgan fingerprint density at radius 3 is 2.56 bits per heavy atom. The number of phenolic OH excluding ortho intramolecular Hbond substituents is 1. The van der Waals surface area contributed by atoms with Gasteiger partial charge < -0.3 is 10.4 Å². The molecule has 168 valence electrons. The number of nitrogens with zero attached hydrogens (tertiary/aromatic N) is 4. The van der Waals surface area contributed by atoms with Crippen LogP contribution in [0.4, 0.5) is 27.8 Å². The molecule has 2 N–H and O–H groups in total. The normalized spacial score (nSPS) is 18.1. The predicted octanol–water partition coefficient (Wildman–Crippen LogP) is 3.11. The van der Waals surface area contributed by atoms with Crippen LogP contribution in [0.5, 0.6) is 5.75 Å². The van der Waals surface area contributed by atoms with E-state index in [1.165, 1.54) is 28.9 Å². The van der Waals surface area contributed by atoms with Crippen molar-refractivity contribution in [3.05, 3.63) is 35.5 Å². The SMILES string of the molecule is Cn1nc(-c2cc(C(F)(F)F)c(F)c(O)c2F)c2cnc(N3CC4(CC4)NCC3=O)cc21. The van der Waals surface area contributed by atoms with Crippen molar-refractivity contribution < 1.29 is 31.9 Å². The molecular weight excluding hydrogens is 437 g/mol. The van der Waals surface area contributed by atoms with E-state index in [4.69, 9.17) is 0 Å². The zero-order valence-corrected chi connectivity index (χ0v) is 16.6. The lowest BCUT2D eigenvalue weighted by Crippen LogP contribution is -2.56. The molecule has 2 aromatic heterocycles.